The second-order valence-corrected chi connectivity index (χ2v) is 7.21. The molecule has 3 N–H and O–H groups in total. The molecule has 10 nitrogen and oxygen atoms in total. The van der Waals surface area contributed by atoms with E-state index in [0.29, 0.717) is 54.0 Å². The maximum Gasteiger partial charge on any atom is 0.329 e. The van der Waals surface area contributed by atoms with Gasteiger partial charge in [-0.15, -0.1) is 0 Å². The molecule has 2 aromatic carbocycles. The molecule has 0 bridgehead atoms. The van der Waals surface area contributed by atoms with E-state index in [0.717, 1.165) is 0 Å². The van der Waals surface area contributed by atoms with Gasteiger partial charge in [-0.1, -0.05) is 11.6 Å². The van der Waals surface area contributed by atoms with E-state index in [2.05, 4.69) is 21.2 Å². The maximum absolute atomic E-state index is 12.2. The number of hydrogen-bond donors (Lipinski definition) is 3. The SMILES string of the molecule is CCOc1ccc(NC(=O)COc2ccc(Cl)cc2/C=N\NC(=O)C(=O)NCCCOC)cc1. The first-order valence-corrected chi connectivity index (χ1v) is 10.9. The van der Waals surface area contributed by atoms with Gasteiger partial charge in [-0.05, 0) is 55.8 Å². The highest BCUT2D eigenvalue weighted by atomic mass is 35.5. The van der Waals surface area contributed by atoms with E-state index in [1.807, 2.05) is 6.92 Å². The Morgan fingerprint density at radius 3 is 2.53 bits per heavy atom. The number of benzene rings is 2. The van der Waals surface area contributed by atoms with E-state index in [4.69, 9.17) is 25.8 Å². The number of carbonyl (C=O) groups is 3. The molecule has 2 aromatic rings. The molecule has 182 valence electrons. The minimum atomic E-state index is -0.923. The van der Waals surface area contributed by atoms with Crippen molar-refractivity contribution in [1.29, 1.82) is 0 Å². The number of ether oxygens (including phenoxy) is 3. The van der Waals surface area contributed by atoms with Crippen LogP contribution < -0.4 is 25.5 Å². The largest absolute Gasteiger partial charge is 0.494 e. The second kappa shape index (κ2) is 14.5. The first-order chi connectivity index (χ1) is 16.4. The molecule has 0 unspecified atom stereocenters. The molecule has 11 heteroatoms. The molecule has 0 saturated carbocycles. The van der Waals surface area contributed by atoms with Gasteiger partial charge in [0.05, 0.1) is 12.8 Å². The lowest BCUT2D eigenvalue weighted by Gasteiger charge is -2.10. The van der Waals surface area contributed by atoms with Gasteiger partial charge < -0.3 is 24.8 Å². The second-order valence-electron chi connectivity index (χ2n) is 6.78. The Bertz CT molecular complexity index is 997. The number of rotatable bonds is 12. The van der Waals surface area contributed by atoms with Gasteiger partial charge in [-0.2, -0.15) is 5.10 Å². The van der Waals surface area contributed by atoms with Crippen molar-refractivity contribution < 1.29 is 28.6 Å². The lowest BCUT2D eigenvalue weighted by Crippen LogP contribution is -2.38. The van der Waals surface area contributed by atoms with E-state index in [1.54, 1.807) is 49.6 Å². The summed E-state index contributed by atoms with van der Waals surface area (Å²) in [7, 11) is 1.55. The molecule has 0 aliphatic carbocycles. The molecule has 0 heterocycles. The Morgan fingerprint density at radius 1 is 1.06 bits per heavy atom. The topological polar surface area (TPSA) is 127 Å². The third-order valence-electron chi connectivity index (χ3n) is 4.17. The quantitative estimate of drug-likeness (QED) is 0.181. The number of nitrogens with one attached hydrogen (secondary N) is 3. The van der Waals surface area contributed by atoms with Gasteiger partial charge in [0, 0.05) is 36.5 Å². The molecular formula is C23H27ClN4O6. The summed E-state index contributed by atoms with van der Waals surface area (Å²) in [5.41, 5.74) is 3.13. The van der Waals surface area contributed by atoms with Crippen LogP contribution in [0.5, 0.6) is 11.5 Å². The maximum atomic E-state index is 12.2. The highest BCUT2D eigenvalue weighted by molar-refractivity contribution is 6.35. The fourth-order valence-corrected chi connectivity index (χ4v) is 2.78. The number of amides is 3. The van der Waals surface area contributed by atoms with Gasteiger partial charge >= 0.3 is 11.8 Å². The summed E-state index contributed by atoms with van der Waals surface area (Å²) >= 11 is 6.03. The number of anilines is 1. The first kappa shape index (κ1) is 26.6. The normalized spacial score (nSPS) is 10.6. The molecule has 0 radical (unpaired) electrons. The third-order valence-corrected chi connectivity index (χ3v) is 4.40. The number of nitrogens with zero attached hydrogens (tertiary/aromatic N) is 1. The van der Waals surface area contributed by atoms with Crippen molar-refractivity contribution in [3.05, 3.63) is 53.1 Å². The fourth-order valence-electron chi connectivity index (χ4n) is 2.60. The van der Waals surface area contributed by atoms with E-state index in [1.165, 1.54) is 6.21 Å². The molecule has 0 atom stereocenters. The Kier molecular flexibility index (Phi) is 11.4. The van der Waals surface area contributed by atoms with E-state index < -0.39 is 11.8 Å². The van der Waals surface area contributed by atoms with Crippen molar-refractivity contribution in [3.63, 3.8) is 0 Å². The third kappa shape index (κ3) is 9.47. The zero-order valence-electron chi connectivity index (χ0n) is 18.9. The van der Waals surface area contributed by atoms with Crippen LogP contribution in [0.4, 0.5) is 5.69 Å². The number of hydrazone groups is 1. The number of carbonyl (C=O) groups excluding carboxylic acids is 3. The van der Waals surface area contributed by atoms with Crippen molar-refractivity contribution in [2.45, 2.75) is 13.3 Å². The van der Waals surface area contributed by atoms with Crippen LogP contribution in [-0.4, -0.2) is 57.4 Å². The smallest absolute Gasteiger partial charge is 0.329 e. The van der Waals surface area contributed by atoms with Gasteiger partial charge in [-0.3, -0.25) is 14.4 Å². The van der Waals surface area contributed by atoms with Crippen LogP contribution in [0.3, 0.4) is 0 Å². The van der Waals surface area contributed by atoms with Crippen molar-refractivity contribution in [2.24, 2.45) is 5.10 Å². The molecule has 3 amide bonds. The highest BCUT2D eigenvalue weighted by Gasteiger charge is 2.12. The minimum absolute atomic E-state index is 0.272. The van der Waals surface area contributed by atoms with E-state index >= 15 is 0 Å². The van der Waals surface area contributed by atoms with Crippen LogP contribution >= 0.6 is 11.6 Å². The zero-order valence-corrected chi connectivity index (χ0v) is 19.7. The molecule has 0 aliphatic heterocycles. The van der Waals surface area contributed by atoms with Crippen molar-refractivity contribution in [1.82, 2.24) is 10.7 Å². The lowest BCUT2D eigenvalue weighted by molar-refractivity contribution is -0.139. The van der Waals surface area contributed by atoms with Crippen molar-refractivity contribution in [2.75, 3.05) is 38.8 Å². The minimum Gasteiger partial charge on any atom is -0.494 e. The van der Waals surface area contributed by atoms with E-state index in [9.17, 15) is 14.4 Å². The summed E-state index contributed by atoms with van der Waals surface area (Å²) in [4.78, 5) is 35.8. The summed E-state index contributed by atoms with van der Waals surface area (Å²) in [5.74, 6) is -1.10. The Hall–Kier alpha value is -3.63. The zero-order chi connectivity index (χ0) is 24.8. The molecule has 0 aliphatic rings. The molecule has 0 aromatic heterocycles. The lowest BCUT2D eigenvalue weighted by atomic mass is 10.2. The molecule has 34 heavy (non-hydrogen) atoms. The molecule has 2 rings (SSSR count). The van der Waals surface area contributed by atoms with Gasteiger partial charge in [0.2, 0.25) is 0 Å². The Labute approximate surface area is 202 Å². The highest BCUT2D eigenvalue weighted by Crippen LogP contribution is 2.21. The summed E-state index contributed by atoms with van der Waals surface area (Å²) < 4.78 is 15.8. The first-order valence-electron chi connectivity index (χ1n) is 10.5. The van der Waals surface area contributed by atoms with Gasteiger partial charge in [-0.25, -0.2) is 5.43 Å². The Morgan fingerprint density at radius 2 is 1.82 bits per heavy atom. The summed E-state index contributed by atoms with van der Waals surface area (Å²) in [6.07, 6.45) is 1.84. The average molecular weight is 491 g/mol. The van der Waals surface area contributed by atoms with Crippen LogP contribution in [-0.2, 0) is 19.1 Å². The molecule has 0 spiro atoms. The van der Waals surface area contributed by atoms with Crippen LogP contribution in [0.15, 0.2) is 47.6 Å². The van der Waals surface area contributed by atoms with Crippen LogP contribution in [0.1, 0.15) is 18.9 Å². The molecular weight excluding hydrogens is 464 g/mol. The van der Waals surface area contributed by atoms with Crippen molar-refractivity contribution in [3.8, 4) is 11.5 Å². The fraction of sp³-hybridized carbons (Fsp3) is 0.304. The average Bonchev–Trinajstić information content (AvgIpc) is 2.82. The number of hydrogen-bond acceptors (Lipinski definition) is 7. The van der Waals surface area contributed by atoms with Crippen LogP contribution in [0.25, 0.3) is 0 Å². The van der Waals surface area contributed by atoms with Gasteiger partial charge in [0.15, 0.2) is 6.61 Å². The summed E-state index contributed by atoms with van der Waals surface area (Å²) in [5, 5.41) is 9.33. The molecule has 0 saturated heterocycles. The Balaban J connectivity index is 1.89. The van der Waals surface area contributed by atoms with Crippen LogP contribution in [0.2, 0.25) is 5.02 Å². The van der Waals surface area contributed by atoms with E-state index in [-0.39, 0.29) is 12.5 Å². The number of methoxy groups -OCH3 is 1. The number of halogens is 1. The summed E-state index contributed by atoms with van der Waals surface area (Å²) in [6, 6.07) is 11.6. The summed E-state index contributed by atoms with van der Waals surface area (Å²) in [6.45, 7) is 2.94. The predicted octanol–water partition coefficient (Wildman–Crippen LogP) is 2.36. The molecule has 0 fully saturated rings. The van der Waals surface area contributed by atoms with Gasteiger partial charge in [0.1, 0.15) is 11.5 Å². The predicted molar refractivity (Wildman–Crippen MR) is 128 cm³/mol. The van der Waals surface area contributed by atoms with Crippen molar-refractivity contribution >= 4 is 41.2 Å². The van der Waals surface area contributed by atoms with Crippen LogP contribution in [0, 0.1) is 0 Å². The monoisotopic (exact) mass is 490 g/mol. The van der Waals surface area contributed by atoms with Gasteiger partial charge in [0.25, 0.3) is 5.91 Å². The standard InChI is InChI=1S/C23H27ClN4O6/c1-3-33-19-8-6-18(7-9-19)27-21(29)15-34-20-10-5-17(24)13-16(20)14-26-28-23(31)22(30)25-11-4-12-32-2/h5-10,13-14H,3-4,11-12,15H2,1-2H3,(H,25,30)(H,27,29)(H,28,31)/b26-14-.